The van der Waals surface area contributed by atoms with Crippen molar-refractivity contribution < 1.29 is 14.6 Å². The third kappa shape index (κ3) is 2.44. The van der Waals surface area contributed by atoms with Gasteiger partial charge < -0.3 is 4.90 Å². The average Bonchev–Trinajstić information content (AvgIpc) is 2.86. The van der Waals surface area contributed by atoms with Crippen molar-refractivity contribution in [1.29, 1.82) is 0 Å². The highest BCUT2D eigenvalue weighted by Crippen LogP contribution is 2.36. The molecule has 1 aliphatic rings. The number of nitro benzene ring substituents is 2. The minimum atomic E-state index is -0.677. The third-order valence-electron chi connectivity index (χ3n) is 3.40. The molecule has 0 bridgehead atoms. The maximum absolute atomic E-state index is 11.6. The van der Waals surface area contributed by atoms with Gasteiger partial charge in [0, 0.05) is 12.6 Å². The maximum atomic E-state index is 11.6. The summed E-state index contributed by atoms with van der Waals surface area (Å²) in [6.45, 7) is 1.98. The first kappa shape index (κ1) is 13.9. The number of benzene rings is 1. The summed E-state index contributed by atoms with van der Waals surface area (Å²) in [6.07, 6.45) is 1.40. The van der Waals surface area contributed by atoms with E-state index in [0.29, 0.717) is 13.0 Å². The van der Waals surface area contributed by atoms with E-state index in [1.807, 2.05) is 0 Å². The number of hydrogen-bond donors (Lipinski definition) is 0. The zero-order valence-electron chi connectivity index (χ0n) is 10.8. The molecule has 1 fully saturated rings. The summed E-state index contributed by atoms with van der Waals surface area (Å²) >= 11 is 0. The van der Waals surface area contributed by atoms with Crippen molar-refractivity contribution >= 4 is 22.8 Å². The monoisotopic (exact) mass is 279 g/mol. The molecule has 2 rings (SSSR count). The van der Waals surface area contributed by atoms with Gasteiger partial charge in [0.25, 0.3) is 11.4 Å². The van der Waals surface area contributed by atoms with Gasteiger partial charge in [0.15, 0.2) is 5.78 Å². The van der Waals surface area contributed by atoms with Gasteiger partial charge >= 0.3 is 0 Å². The first-order valence-electron chi connectivity index (χ1n) is 6.11. The van der Waals surface area contributed by atoms with Crippen molar-refractivity contribution in [2.75, 3.05) is 11.4 Å². The minimum Gasteiger partial charge on any atom is -0.356 e. The highest BCUT2D eigenvalue weighted by atomic mass is 16.6. The Morgan fingerprint density at radius 3 is 2.55 bits per heavy atom. The van der Waals surface area contributed by atoms with Gasteiger partial charge in [-0.2, -0.15) is 0 Å². The van der Waals surface area contributed by atoms with E-state index in [0.717, 1.165) is 12.5 Å². The Morgan fingerprint density at radius 2 is 2.00 bits per heavy atom. The number of Topliss-reactive ketones (excluding diaryl/α,β-unsaturated/α-hetero) is 1. The summed E-state index contributed by atoms with van der Waals surface area (Å²) in [4.78, 5) is 33.7. The van der Waals surface area contributed by atoms with Gasteiger partial charge in [-0.3, -0.25) is 25.0 Å². The number of ketones is 1. The predicted octanol–water partition coefficient (Wildman–Crippen LogP) is 2.06. The van der Waals surface area contributed by atoms with Crippen LogP contribution in [0.4, 0.5) is 17.1 Å². The van der Waals surface area contributed by atoms with E-state index in [2.05, 4.69) is 0 Å². The molecule has 0 aliphatic carbocycles. The van der Waals surface area contributed by atoms with E-state index in [1.54, 1.807) is 4.90 Å². The van der Waals surface area contributed by atoms with Gasteiger partial charge in [0.2, 0.25) is 0 Å². The summed E-state index contributed by atoms with van der Waals surface area (Å²) in [5, 5.41) is 21.8. The number of carbonyl (C=O) groups excluding carboxylic acids is 1. The molecule has 0 amide bonds. The van der Waals surface area contributed by atoms with Crippen LogP contribution in [0.5, 0.6) is 0 Å². The van der Waals surface area contributed by atoms with Gasteiger partial charge in [0.1, 0.15) is 5.69 Å². The molecule has 0 aromatic heterocycles. The first-order valence-corrected chi connectivity index (χ1v) is 6.11. The van der Waals surface area contributed by atoms with Gasteiger partial charge in [0.05, 0.1) is 22.0 Å². The molecule has 0 radical (unpaired) electrons. The molecule has 1 unspecified atom stereocenters. The minimum absolute atomic E-state index is 0.0600. The Labute approximate surface area is 114 Å². The summed E-state index contributed by atoms with van der Waals surface area (Å²) in [5.41, 5.74) is -0.412. The quantitative estimate of drug-likeness (QED) is 0.616. The van der Waals surface area contributed by atoms with Gasteiger partial charge in [-0.1, -0.05) is 0 Å². The molecule has 1 aliphatic heterocycles. The van der Waals surface area contributed by atoms with E-state index in [4.69, 9.17) is 0 Å². The van der Waals surface area contributed by atoms with E-state index in [9.17, 15) is 25.0 Å². The number of non-ortho nitro benzene ring substituents is 1. The lowest BCUT2D eigenvalue weighted by Gasteiger charge is -2.24. The van der Waals surface area contributed by atoms with Crippen LogP contribution in [0, 0.1) is 20.2 Å². The summed E-state index contributed by atoms with van der Waals surface area (Å²) < 4.78 is 0. The summed E-state index contributed by atoms with van der Waals surface area (Å²) in [6, 6.07) is 3.11. The third-order valence-corrected chi connectivity index (χ3v) is 3.40. The standard InChI is InChI=1S/C12H13N3O5/c1-8(16)10-3-2-6-13(10)11-5-4-9(14(17)18)7-12(11)15(19)20/h4-5,7,10H,2-3,6H2,1H3. The number of hydrogen-bond acceptors (Lipinski definition) is 6. The molecule has 0 spiro atoms. The van der Waals surface area contributed by atoms with Crippen LogP contribution >= 0.6 is 0 Å². The molecular formula is C12H13N3O5. The van der Waals surface area contributed by atoms with E-state index in [1.165, 1.54) is 19.1 Å². The Kier molecular flexibility index (Phi) is 3.64. The van der Waals surface area contributed by atoms with E-state index >= 15 is 0 Å². The fourth-order valence-electron chi connectivity index (χ4n) is 2.49. The molecule has 20 heavy (non-hydrogen) atoms. The van der Waals surface area contributed by atoms with Crippen LogP contribution in [0.1, 0.15) is 19.8 Å². The van der Waals surface area contributed by atoms with Crippen LogP contribution in [0.2, 0.25) is 0 Å². The Hall–Kier alpha value is -2.51. The molecular weight excluding hydrogens is 266 g/mol. The van der Waals surface area contributed by atoms with Crippen LogP contribution in [0.25, 0.3) is 0 Å². The Balaban J connectivity index is 2.48. The zero-order chi connectivity index (χ0) is 14.9. The fraction of sp³-hybridized carbons (Fsp3) is 0.417. The van der Waals surface area contributed by atoms with Crippen LogP contribution in [0.15, 0.2) is 18.2 Å². The molecule has 1 aromatic rings. The van der Waals surface area contributed by atoms with Gasteiger partial charge in [-0.05, 0) is 25.8 Å². The van der Waals surface area contributed by atoms with Crippen molar-refractivity contribution in [3.63, 3.8) is 0 Å². The SMILES string of the molecule is CC(=O)C1CCCN1c1ccc([N+](=O)[O-])cc1[N+](=O)[O-]. The van der Waals surface area contributed by atoms with Crippen molar-refractivity contribution in [1.82, 2.24) is 0 Å². The molecule has 8 heteroatoms. The smallest absolute Gasteiger partial charge is 0.299 e. The fourth-order valence-corrected chi connectivity index (χ4v) is 2.49. The second-order valence-corrected chi connectivity index (χ2v) is 4.65. The van der Waals surface area contributed by atoms with Crippen molar-refractivity contribution in [3.8, 4) is 0 Å². The molecule has 1 saturated heterocycles. The van der Waals surface area contributed by atoms with Gasteiger partial charge in [-0.25, -0.2) is 0 Å². The largest absolute Gasteiger partial charge is 0.356 e. The van der Waals surface area contributed by atoms with Crippen molar-refractivity contribution in [2.24, 2.45) is 0 Å². The highest BCUT2D eigenvalue weighted by molar-refractivity contribution is 5.87. The molecule has 106 valence electrons. The Bertz CT molecular complexity index is 586. The van der Waals surface area contributed by atoms with Gasteiger partial charge in [-0.15, -0.1) is 0 Å². The number of rotatable bonds is 4. The van der Waals surface area contributed by atoms with E-state index < -0.39 is 15.9 Å². The zero-order valence-corrected chi connectivity index (χ0v) is 10.8. The van der Waals surface area contributed by atoms with Crippen LogP contribution in [-0.2, 0) is 4.79 Å². The maximum Gasteiger partial charge on any atom is 0.299 e. The summed E-state index contributed by atoms with van der Waals surface area (Å²) in [7, 11) is 0. The lowest BCUT2D eigenvalue weighted by atomic mass is 10.1. The molecule has 0 N–H and O–H groups in total. The van der Waals surface area contributed by atoms with E-state index in [-0.39, 0.29) is 22.8 Å². The molecule has 0 saturated carbocycles. The number of anilines is 1. The van der Waals surface area contributed by atoms with Crippen molar-refractivity contribution in [2.45, 2.75) is 25.8 Å². The van der Waals surface area contributed by atoms with Crippen LogP contribution in [-0.4, -0.2) is 28.2 Å². The summed E-state index contributed by atoms with van der Waals surface area (Å²) in [5.74, 6) is -0.0600. The topological polar surface area (TPSA) is 107 Å². The molecule has 1 aromatic carbocycles. The lowest BCUT2D eigenvalue weighted by molar-refractivity contribution is -0.393. The average molecular weight is 279 g/mol. The van der Waals surface area contributed by atoms with Crippen LogP contribution < -0.4 is 4.90 Å². The molecule has 1 heterocycles. The highest BCUT2D eigenvalue weighted by Gasteiger charge is 2.33. The van der Waals surface area contributed by atoms with Crippen LogP contribution in [0.3, 0.4) is 0 Å². The van der Waals surface area contributed by atoms with Crippen molar-refractivity contribution in [3.05, 3.63) is 38.4 Å². The first-order chi connectivity index (χ1) is 9.41. The molecule has 8 nitrogen and oxygen atoms in total. The number of nitro groups is 2. The predicted molar refractivity (Wildman–Crippen MR) is 70.8 cm³/mol. The second-order valence-electron chi connectivity index (χ2n) is 4.65. The normalized spacial score (nSPS) is 18.1. The lowest BCUT2D eigenvalue weighted by Crippen LogP contribution is -2.35. The number of carbonyl (C=O) groups is 1. The number of nitrogens with zero attached hydrogens (tertiary/aromatic N) is 3. The second kappa shape index (κ2) is 5.24. The molecule has 1 atom stereocenters. The Morgan fingerprint density at radius 1 is 1.30 bits per heavy atom.